The molecule has 1 rings (SSSR count). The van der Waals surface area contributed by atoms with Crippen molar-refractivity contribution >= 4 is 17.3 Å². The Morgan fingerprint density at radius 2 is 1.95 bits per heavy atom. The van der Waals surface area contributed by atoms with Gasteiger partial charge >= 0.3 is 5.97 Å². The average molecular weight is 293 g/mol. The normalized spacial score (nSPS) is 12.8. The van der Waals surface area contributed by atoms with Crippen LogP contribution in [0.1, 0.15) is 40.0 Å². The standard InChI is InChI=1S/C16H27N3O2/c1-16(2,3)21-15(20)9-8-12(10-11-17)19-14-7-5-4-6-13(14)18/h4-7,12,19H,8-11,17-18H2,1-3H3. The van der Waals surface area contributed by atoms with Gasteiger partial charge in [0.05, 0.1) is 11.4 Å². The number of para-hydroxylation sites is 2. The number of hydrogen-bond acceptors (Lipinski definition) is 5. The van der Waals surface area contributed by atoms with Gasteiger partial charge in [-0.25, -0.2) is 0 Å². The van der Waals surface area contributed by atoms with Gasteiger partial charge in [-0.3, -0.25) is 4.79 Å². The zero-order chi connectivity index (χ0) is 15.9. The van der Waals surface area contributed by atoms with E-state index >= 15 is 0 Å². The summed E-state index contributed by atoms with van der Waals surface area (Å²) in [6, 6.07) is 7.68. The van der Waals surface area contributed by atoms with Crippen LogP contribution in [0.4, 0.5) is 11.4 Å². The molecule has 0 saturated heterocycles. The van der Waals surface area contributed by atoms with Gasteiger partial charge in [-0.1, -0.05) is 12.1 Å². The van der Waals surface area contributed by atoms with Crippen molar-refractivity contribution in [2.45, 2.75) is 51.7 Å². The van der Waals surface area contributed by atoms with Gasteiger partial charge in [0.25, 0.3) is 0 Å². The summed E-state index contributed by atoms with van der Waals surface area (Å²) in [5.74, 6) is -0.188. The number of carbonyl (C=O) groups excluding carboxylic acids is 1. The Kier molecular flexibility index (Phi) is 6.49. The van der Waals surface area contributed by atoms with Gasteiger partial charge in [0.15, 0.2) is 0 Å². The van der Waals surface area contributed by atoms with E-state index in [2.05, 4.69) is 5.32 Å². The third-order valence-corrected chi connectivity index (χ3v) is 2.95. The van der Waals surface area contributed by atoms with Crippen molar-refractivity contribution in [1.82, 2.24) is 0 Å². The molecule has 21 heavy (non-hydrogen) atoms. The number of benzene rings is 1. The topological polar surface area (TPSA) is 90.4 Å². The van der Waals surface area contributed by atoms with Crippen molar-refractivity contribution in [2.75, 3.05) is 17.6 Å². The lowest BCUT2D eigenvalue weighted by Crippen LogP contribution is -2.27. The van der Waals surface area contributed by atoms with Crippen molar-refractivity contribution in [3.05, 3.63) is 24.3 Å². The lowest BCUT2D eigenvalue weighted by atomic mass is 10.1. The quantitative estimate of drug-likeness (QED) is 0.531. The lowest BCUT2D eigenvalue weighted by molar-refractivity contribution is -0.154. The van der Waals surface area contributed by atoms with E-state index in [4.69, 9.17) is 16.2 Å². The molecule has 1 atom stereocenters. The second-order valence-electron chi connectivity index (χ2n) is 6.13. The van der Waals surface area contributed by atoms with Gasteiger partial charge in [-0.05, 0) is 52.3 Å². The zero-order valence-electron chi connectivity index (χ0n) is 13.2. The molecular formula is C16H27N3O2. The zero-order valence-corrected chi connectivity index (χ0v) is 13.2. The van der Waals surface area contributed by atoms with Crippen molar-refractivity contribution in [3.8, 4) is 0 Å². The summed E-state index contributed by atoms with van der Waals surface area (Å²) in [6.45, 7) is 6.15. The molecule has 0 aliphatic carbocycles. The Bertz CT molecular complexity index is 455. The van der Waals surface area contributed by atoms with Crippen LogP contribution in [-0.4, -0.2) is 24.2 Å². The second-order valence-corrected chi connectivity index (χ2v) is 6.13. The first-order valence-corrected chi connectivity index (χ1v) is 7.35. The smallest absolute Gasteiger partial charge is 0.306 e. The number of anilines is 2. The van der Waals surface area contributed by atoms with Gasteiger partial charge < -0.3 is 21.5 Å². The number of carbonyl (C=O) groups is 1. The van der Waals surface area contributed by atoms with Crippen LogP contribution in [0.2, 0.25) is 0 Å². The molecule has 5 heteroatoms. The first-order chi connectivity index (χ1) is 9.81. The van der Waals surface area contributed by atoms with E-state index in [0.717, 1.165) is 12.1 Å². The molecule has 0 radical (unpaired) electrons. The van der Waals surface area contributed by atoms with Crippen molar-refractivity contribution in [1.29, 1.82) is 0 Å². The van der Waals surface area contributed by atoms with Crippen LogP contribution in [0.15, 0.2) is 24.3 Å². The summed E-state index contributed by atoms with van der Waals surface area (Å²) in [7, 11) is 0. The summed E-state index contributed by atoms with van der Waals surface area (Å²) < 4.78 is 5.32. The molecule has 118 valence electrons. The molecule has 0 spiro atoms. The first kappa shape index (κ1) is 17.3. The molecule has 1 aromatic rings. The molecule has 5 nitrogen and oxygen atoms in total. The van der Waals surface area contributed by atoms with Gasteiger partial charge in [-0.2, -0.15) is 0 Å². The Morgan fingerprint density at radius 3 is 2.52 bits per heavy atom. The molecule has 0 aromatic heterocycles. The van der Waals surface area contributed by atoms with Crippen LogP contribution < -0.4 is 16.8 Å². The molecule has 1 aromatic carbocycles. The van der Waals surface area contributed by atoms with Crippen molar-refractivity contribution in [2.24, 2.45) is 5.73 Å². The number of nitrogens with one attached hydrogen (secondary N) is 1. The summed E-state index contributed by atoms with van der Waals surface area (Å²) in [5.41, 5.74) is 12.7. The highest BCUT2D eigenvalue weighted by molar-refractivity contribution is 5.70. The Balaban J connectivity index is 2.54. The molecule has 0 saturated carbocycles. The highest BCUT2D eigenvalue weighted by atomic mass is 16.6. The van der Waals surface area contributed by atoms with Crippen molar-refractivity contribution in [3.63, 3.8) is 0 Å². The Labute approximate surface area is 127 Å². The van der Waals surface area contributed by atoms with Crippen molar-refractivity contribution < 1.29 is 9.53 Å². The van der Waals surface area contributed by atoms with Crippen LogP contribution in [0.5, 0.6) is 0 Å². The fourth-order valence-electron chi connectivity index (χ4n) is 2.02. The maximum atomic E-state index is 11.8. The molecule has 0 aliphatic heterocycles. The second kappa shape index (κ2) is 7.88. The SMILES string of the molecule is CC(C)(C)OC(=O)CCC(CCN)Nc1ccccc1N. The molecule has 0 aliphatic rings. The Morgan fingerprint density at radius 1 is 1.29 bits per heavy atom. The van der Waals surface area contributed by atoms with E-state index in [-0.39, 0.29) is 12.0 Å². The Hall–Kier alpha value is -1.75. The molecule has 0 fully saturated rings. The molecule has 0 heterocycles. The highest BCUT2D eigenvalue weighted by Crippen LogP contribution is 2.20. The van der Waals surface area contributed by atoms with Gasteiger partial charge in [-0.15, -0.1) is 0 Å². The summed E-state index contributed by atoms with van der Waals surface area (Å²) >= 11 is 0. The number of hydrogen-bond donors (Lipinski definition) is 3. The maximum Gasteiger partial charge on any atom is 0.306 e. The third kappa shape index (κ3) is 6.99. The van der Waals surface area contributed by atoms with Crippen LogP contribution in [-0.2, 0) is 9.53 Å². The molecule has 1 unspecified atom stereocenters. The van der Waals surface area contributed by atoms with Crippen LogP contribution >= 0.6 is 0 Å². The monoisotopic (exact) mass is 293 g/mol. The summed E-state index contributed by atoms with van der Waals surface area (Å²) in [6.07, 6.45) is 1.80. The van der Waals surface area contributed by atoms with Crippen LogP contribution in [0.25, 0.3) is 0 Å². The number of esters is 1. The van der Waals surface area contributed by atoms with E-state index < -0.39 is 5.60 Å². The predicted molar refractivity (Wildman–Crippen MR) is 87.0 cm³/mol. The number of nitrogen functional groups attached to an aromatic ring is 1. The van der Waals surface area contributed by atoms with E-state index in [0.29, 0.717) is 25.1 Å². The summed E-state index contributed by atoms with van der Waals surface area (Å²) in [5, 5.41) is 3.35. The lowest BCUT2D eigenvalue weighted by Gasteiger charge is -2.22. The molecule has 0 bridgehead atoms. The van der Waals surface area contributed by atoms with Crippen LogP contribution in [0, 0.1) is 0 Å². The first-order valence-electron chi connectivity index (χ1n) is 7.35. The minimum Gasteiger partial charge on any atom is -0.460 e. The van der Waals surface area contributed by atoms with E-state index in [1.54, 1.807) is 0 Å². The fraction of sp³-hybridized carbons (Fsp3) is 0.562. The number of ether oxygens (including phenoxy) is 1. The van der Waals surface area contributed by atoms with Crippen LogP contribution in [0.3, 0.4) is 0 Å². The van der Waals surface area contributed by atoms with E-state index in [1.165, 1.54) is 0 Å². The largest absolute Gasteiger partial charge is 0.460 e. The number of rotatable bonds is 7. The number of nitrogens with two attached hydrogens (primary N) is 2. The van der Waals surface area contributed by atoms with Gasteiger partial charge in [0.2, 0.25) is 0 Å². The molecule has 0 amide bonds. The van der Waals surface area contributed by atoms with E-state index in [1.807, 2.05) is 45.0 Å². The van der Waals surface area contributed by atoms with Gasteiger partial charge in [0.1, 0.15) is 5.60 Å². The fourth-order valence-corrected chi connectivity index (χ4v) is 2.02. The van der Waals surface area contributed by atoms with Gasteiger partial charge in [0, 0.05) is 12.5 Å². The third-order valence-electron chi connectivity index (χ3n) is 2.95. The predicted octanol–water partition coefficient (Wildman–Crippen LogP) is 2.52. The van der Waals surface area contributed by atoms with E-state index in [9.17, 15) is 4.79 Å². The average Bonchev–Trinajstić information content (AvgIpc) is 2.37. The summed E-state index contributed by atoms with van der Waals surface area (Å²) in [4.78, 5) is 11.8. The molecular weight excluding hydrogens is 266 g/mol. The maximum absolute atomic E-state index is 11.8. The minimum atomic E-state index is -0.447. The highest BCUT2D eigenvalue weighted by Gasteiger charge is 2.18. The minimum absolute atomic E-state index is 0.104. The molecule has 5 N–H and O–H groups in total.